The summed E-state index contributed by atoms with van der Waals surface area (Å²) in [6.45, 7) is 2.36. The summed E-state index contributed by atoms with van der Waals surface area (Å²) < 4.78 is 0. The van der Waals surface area contributed by atoms with Gasteiger partial charge in [-0.3, -0.25) is 20.2 Å². The first-order valence-corrected chi connectivity index (χ1v) is 7.67. The van der Waals surface area contributed by atoms with Gasteiger partial charge in [0.25, 0.3) is 11.4 Å². The van der Waals surface area contributed by atoms with E-state index in [4.69, 9.17) is 34.0 Å². The fourth-order valence-electron chi connectivity index (χ4n) is 1.73. The Morgan fingerprint density at radius 1 is 1.00 bits per heavy atom. The van der Waals surface area contributed by atoms with E-state index >= 15 is 0 Å². The highest BCUT2D eigenvalue weighted by Crippen LogP contribution is 2.36. The molecule has 5 N–H and O–H groups in total. The number of anilines is 2. The maximum Gasteiger partial charge on any atom is 0.273 e. The molecular formula is C14H14Cl2N4O6. The summed E-state index contributed by atoms with van der Waals surface area (Å²) in [4.78, 5) is 19.5. The molecule has 0 spiro atoms. The third-order valence-electron chi connectivity index (χ3n) is 2.91. The molecule has 10 nitrogen and oxygen atoms in total. The van der Waals surface area contributed by atoms with E-state index in [0.717, 1.165) is 18.2 Å². The Morgan fingerprint density at radius 2 is 1.46 bits per heavy atom. The largest absolute Gasteiger partial charge is 0.504 e. The third-order valence-corrected chi connectivity index (χ3v) is 3.49. The van der Waals surface area contributed by atoms with Crippen LogP contribution in [0.2, 0.25) is 10.0 Å². The third kappa shape index (κ3) is 5.26. The molecule has 0 saturated carbocycles. The molecule has 0 fully saturated rings. The van der Waals surface area contributed by atoms with E-state index in [1.165, 1.54) is 6.07 Å². The predicted octanol–water partition coefficient (Wildman–Crippen LogP) is 3.92. The smallest absolute Gasteiger partial charge is 0.273 e. The van der Waals surface area contributed by atoms with E-state index in [9.17, 15) is 25.3 Å². The number of nitro benzene ring substituents is 2. The Bertz CT molecular complexity index is 823. The average molecular weight is 405 g/mol. The Morgan fingerprint density at radius 3 is 1.88 bits per heavy atom. The first kappa shape index (κ1) is 21.1. The standard InChI is InChI=1S/C8H9ClN2O3.C6H5ClN2O3/c1-2-10-7-4-5(11(13)14)3-6(9)8(7)12;7-4-1-3(9(11)12)2-5(8)6(4)10/h3-4,10,12H,2H2,1H3;1-2,10H,8H2. The molecule has 0 saturated heterocycles. The molecule has 12 heteroatoms. The lowest BCUT2D eigenvalue weighted by Gasteiger charge is -2.06. The second kappa shape index (κ2) is 8.92. The SMILES string of the molecule is CCNc1cc([N+](=O)[O-])cc(Cl)c1O.Nc1cc([N+](=O)[O-])cc(Cl)c1O. The zero-order chi connectivity index (χ0) is 20.0. The van der Waals surface area contributed by atoms with Gasteiger partial charge in [-0.1, -0.05) is 23.2 Å². The number of non-ortho nitro benzene ring substituents is 2. The van der Waals surface area contributed by atoms with Gasteiger partial charge >= 0.3 is 0 Å². The number of phenols is 2. The maximum atomic E-state index is 10.5. The van der Waals surface area contributed by atoms with Gasteiger partial charge in [0.1, 0.15) is 0 Å². The van der Waals surface area contributed by atoms with Crippen LogP contribution in [-0.2, 0) is 0 Å². The monoisotopic (exact) mass is 404 g/mol. The molecule has 0 aliphatic rings. The number of rotatable bonds is 4. The summed E-state index contributed by atoms with van der Waals surface area (Å²) in [6.07, 6.45) is 0. The normalized spacial score (nSPS) is 9.81. The number of nitro groups is 2. The first-order valence-electron chi connectivity index (χ1n) is 6.91. The molecule has 2 rings (SSSR count). The summed E-state index contributed by atoms with van der Waals surface area (Å²) in [5.41, 5.74) is 5.00. The zero-order valence-electron chi connectivity index (χ0n) is 13.3. The molecule has 0 bridgehead atoms. The van der Waals surface area contributed by atoms with Crippen LogP contribution in [0.25, 0.3) is 0 Å². The minimum Gasteiger partial charge on any atom is -0.504 e. The number of nitrogens with one attached hydrogen (secondary N) is 1. The molecule has 0 unspecified atom stereocenters. The van der Waals surface area contributed by atoms with E-state index in [0.29, 0.717) is 6.54 Å². The summed E-state index contributed by atoms with van der Waals surface area (Å²) in [5.74, 6) is -0.499. The van der Waals surface area contributed by atoms with Crippen LogP contribution in [0.1, 0.15) is 6.92 Å². The van der Waals surface area contributed by atoms with Crippen LogP contribution in [-0.4, -0.2) is 26.6 Å². The number of hydrogen-bond donors (Lipinski definition) is 4. The van der Waals surface area contributed by atoms with Gasteiger partial charge in [0.15, 0.2) is 11.5 Å². The van der Waals surface area contributed by atoms with Gasteiger partial charge < -0.3 is 21.3 Å². The predicted molar refractivity (Wildman–Crippen MR) is 98.1 cm³/mol. The van der Waals surface area contributed by atoms with E-state index in [1.807, 2.05) is 6.92 Å². The highest BCUT2D eigenvalue weighted by molar-refractivity contribution is 6.33. The highest BCUT2D eigenvalue weighted by Gasteiger charge is 2.14. The molecule has 26 heavy (non-hydrogen) atoms. The summed E-state index contributed by atoms with van der Waals surface area (Å²) in [6, 6.07) is 4.43. The Kier molecular flexibility index (Phi) is 7.23. The molecule has 2 aromatic rings. The lowest BCUT2D eigenvalue weighted by molar-refractivity contribution is -0.385. The van der Waals surface area contributed by atoms with Crippen molar-refractivity contribution in [3.8, 4) is 11.5 Å². The molecule has 0 aliphatic heterocycles. The summed E-state index contributed by atoms with van der Waals surface area (Å²) in [7, 11) is 0. The van der Waals surface area contributed by atoms with Crippen LogP contribution in [0, 0.1) is 20.2 Å². The van der Waals surface area contributed by atoms with E-state index in [1.54, 1.807) is 0 Å². The number of nitrogens with zero attached hydrogens (tertiary/aromatic N) is 2. The minimum atomic E-state index is -0.637. The quantitative estimate of drug-likeness (QED) is 0.257. The molecule has 140 valence electrons. The molecule has 0 atom stereocenters. The number of hydrogen-bond acceptors (Lipinski definition) is 8. The van der Waals surface area contributed by atoms with Crippen molar-refractivity contribution in [2.45, 2.75) is 6.92 Å². The van der Waals surface area contributed by atoms with Crippen LogP contribution in [0.5, 0.6) is 11.5 Å². The summed E-state index contributed by atoms with van der Waals surface area (Å²) in [5, 5.41) is 41.8. The first-order chi connectivity index (χ1) is 12.1. The van der Waals surface area contributed by atoms with Crippen LogP contribution in [0.4, 0.5) is 22.7 Å². The Balaban J connectivity index is 0.000000263. The lowest BCUT2D eigenvalue weighted by atomic mass is 10.2. The minimum absolute atomic E-state index is 0.0323. The van der Waals surface area contributed by atoms with Crippen LogP contribution >= 0.6 is 23.2 Å². The molecule has 0 aromatic heterocycles. The number of halogens is 2. The Hall–Kier alpha value is -2.98. The number of aromatic hydroxyl groups is 2. The van der Waals surface area contributed by atoms with Crippen molar-refractivity contribution in [1.29, 1.82) is 0 Å². The number of benzene rings is 2. The molecule has 0 heterocycles. The summed E-state index contributed by atoms with van der Waals surface area (Å²) >= 11 is 11.0. The molecule has 0 amide bonds. The van der Waals surface area contributed by atoms with Crippen molar-refractivity contribution < 1.29 is 20.1 Å². The van der Waals surface area contributed by atoms with Gasteiger partial charge in [0, 0.05) is 30.8 Å². The van der Waals surface area contributed by atoms with Crippen molar-refractivity contribution in [3.63, 3.8) is 0 Å². The Labute approximate surface area is 157 Å². The van der Waals surface area contributed by atoms with Crippen molar-refractivity contribution in [2.24, 2.45) is 0 Å². The van der Waals surface area contributed by atoms with Crippen LogP contribution in [0.15, 0.2) is 24.3 Å². The van der Waals surface area contributed by atoms with E-state index in [2.05, 4.69) is 5.32 Å². The van der Waals surface area contributed by atoms with E-state index in [-0.39, 0.29) is 44.3 Å². The maximum absolute atomic E-state index is 10.5. The van der Waals surface area contributed by atoms with Gasteiger partial charge in [0.2, 0.25) is 0 Å². The number of nitrogens with two attached hydrogens (primary N) is 1. The van der Waals surface area contributed by atoms with Gasteiger partial charge in [-0.2, -0.15) is 0 Å². The molecule has 2 aromatic carbocycles. The van der Waals surface area contributed by atoms with Gasteiger partial charge in [0.05, 0.1) is 31.3 Å². The van der Waals surface area contributed by atoms with Gasteiger partial charge in [-0.15, -0.1) is 0 Å². The van der Waals surface area contributed by atoms with Crippen molar-refractivity contribution in [2.75, 3.05) is 17.6 Å². The molecular weight excluding hydrogens is 391 g/mol. The number of phenolic OH excluding ortho intramolecular Hbond substituents is 2. The fourth-order valence-corrected chi connectivity index (χ4v) is 2.16. The van der Waals surface area contributed by atoms with Gasteiger partial charge in [-0.25, -0.2) is 0 Å². The van der Waals surface area contributed by atoms with Crippen molar-refractivity contribution in [3.05, 3.63) is 54.5 Å². The van der Waals surface area contributed by atoms with E-state index < -0.39 is 9.85 Å². The average Bonchev–Trinajstić information content (AvgIpc) is 2.56. The number of nitrogen functional groups attached to an aromatic ring is 1. The van der Waals surface area contributed by atoms with Crippen molar-refractivity contribution >= 4 is 46.0 Å². The molecule has 0 radical (unpaired) electrons. The second-order valence-electron chi connectivity index (χ2n) is 4.73. The lowest BCUT2D eigenvalue weighted by Crippen LogP contribution is -1.98. The zero-order valence-corrected chi connectivity index (χ0v) is 14.8. The van der Waals surface area contributed by atoms with Crippen molar-refractivity contribution in [1.82, 2.24) is 0 Å². The van der Waals surface area contributed by atoms with Crippen LogP contribution in [0.3, 0.4) is 0 Å². The molecule has 0 aliphatic carbocycles. The van der Waals surface area contributed by atoms with Crippen LogP contribution < -0.4 is 11.1 Å². The second-order valence-corrected chi connectivity index (χ2v) is 5.55. The fraction of sp³-hybridized carbons (Fsp3) is 0.143. The van der Waals surface area contributed by atoms with Gasteiger partial charge in [-0.05, 0) is 6.92 Å². The highest BCUT2D eigenvalue weighted by atomic mass is 35.5. The topological polar surface area (TPSA) is 165 Å².